The molecule has 1 heterocycles. The van der Waals surface area contributed by atoms with Crippen molar-refractivity contribution < 1.29 is 0 Å². The molecule has 0 fully saturated rings. The number of nitrogens with two attached hydrogens (primary N) is 1. The van der Waals surface area contributed by atoms with Crippen LogP contribution in [0.15, 0.2) is 23.9 Å². The molecule has 3 N–H and O–H groups in total. The smallest absolute Gasteiger partial charge is 0.0860 e. The summed E-state index contributed by atoms with van der Waals surface area (Å²) < 4.78 is 1.82. The number of aryl methyl sites for hydroxylation is 1. The topological polar surface area (TPSA) is 55.9 Å². The second-order valence-electron chi connectivity index (χ2n) is 4.39. The predicted octanol–water partition coefficient (Wildman–Crippen LogP) is 1.81. The standard InChI is InChI=1S/C12H20N4/c1-16-9-8-11(15-16)12(14-13)10-6-4-2-3-5-7-10/h6,8-9,12,14H,2-5,7,13H2,1H3. The number of allylic oxidation sites excluding steroid dienone is 1. The molecule has 4 nitrogen and oxygen atoms in total. The molecule has 1 aliphatic rings. The molecule has 1 aliphatic carbocycles. The van der Waals surface area contributed by atoms with Gasteiger partial charge in [-0.15, -0.1) is 0 Å². The first-order valence-corrected chi connectivity index (χ1v) is 5.96. The fourth-order valence-corrected chi connectivity index (χ4v) is 2.27. The lowest BCUT2D eigenvalue weighted by molar-refractivity contribution is 0.569. The maximum atomic E-state index is 5.66. The van der Waals surface area contributed by atoms with Crippen LogP contribution in [0.3, 0.4) is 0 Å². The van der Waals surface area contributed by atoms with Gasteiger partial charge < -0.3 is 0 Å². The van der Waals surface area contributed by atoms with Gasteiger partial charge in [-0.2, -0.15) is 5.10 Å². The van der Waals surface area contributed by atoms with Gasteiger partial charge in [0.2, 0.25) is 0 Å². The fraction of sp³-hybridized carbons (Fsp3) is 0.583. The summed E-state index contributed by atoms with van der Waals surface area (Å²) in [5.41, 5.74) is 5.28. The van der Waals surface area contributed by atoms with Crippen molar-refractivity contribution in [2.24, 2.45) is 12.9 Å². The highest BCUT2D eigenvalue weighted by Crippen LogP contribution is 2.27. The summed E-state index contributed by atoms with van der Waals surface area (Å²) in [5.74, 6) is 5.66. The van der Waals surface area contributed by atoms with Gasteiger partial charge in [0.1, 0.15) is 0 Å². The van der Waals surface area contributed by atoms with E-state index >= 15 is 0 Å². The molecule has 4 heteroatoms. The molecule has 0 aliphatic heterocycles. The van der Waals surface area contributed by atoms with Crippen molar-refractivity contribution in [1.29, 1.82) is 0 Å². The molecule has 1 aromatic rings. The minimum Gasteiger partial charge on any atom is -0.275 e. The third-order valence-corrected chi connectivity index (χ3v) is 3.14. The van der Waals surface area contributed by atoms with Gasteiger partial charge in [-0.05, 0) is 37.3 Å². The van der Waals surface area contributed by atoms with Gasteiger partial charge in [0.25, 0.3) is 0 Å². The lowest BCUT2D eigenvalue weighted by Crippen LogP contribution is -2.30. The fourth-order valence-electron chi connectivity index (χ4n) is 2.27. The molecule has 0 bridgehead atoms. The molecule has 0 saturated heterocycles. The van der Waals surface area contributed by atoms with Crippen LogP contribution in [0, 0.1) is 0 Å². The number of nitrogens with zero attached hydrogens (tertiary/aromatic N) is 2. The number of hydrogen-bond acceptors (Lipinski definition) is 3. The van der Waals surface area contributed by atoms with Crippen LogP contribution in [0.4, 0.5) is 0 Å². The van der Waals surface area contributed by atoms with E-state index in [0.29, 0.717) is 0 Å². The quantitative estimate of drug-likeness (QED) is 0.464. The molecule has 0 saturated carbocycles. The molecule has 88 valence electrons. The Morgan fingerprint density at radius 3 is 3.00 bits per heavy atom. The van der Waals surface area contributed by atoms with E-state index in [-0.39, 0.29) is 6.04 Å². The predicted molar refractivity (Wildman–Crippen MR) is 64.4 cm³/mol. The first-order chi connectivity index (χ1) is 7.81. The minimum absolute atomic E-state index is 0.0827. The molecule has 2 rings (SSSR count). The van der Waals surface area contributed by atoms with Crippen molar-refractivity contribution in [3.63, 3.8) is 0 Å². The Labute approximate surface area is 96.5 Å². The van der Waals surface area contributed by atoms with E-state index < -0.39 is 0 Å². The Balaban J connectivity index is 2.18. The average Bonchev–Trinajstić information content (AvgIpc) is 2.55. The molecule has 0 amide bonds. The number of rotatable bonds is 3. The molecular weight excluding hydrogens is 200 g/mol. The highest BCUT2D eigenvalue weighted by Gasteiger charge is 2.18. The van der Waals surface area contributed by atoms with Crippen molar-refractivity contribution in [2.75, 3.05) is 0 Å². The highest BCUT2D eigenvalue weighted by atomic mass is 15.3. The van der Waals surface area contributed by atoms with Crippen molar-refractivity contribution >= 4 is 0 Å². The van der Waals surface area contributed by atoms with E-state index in [1.807, 2.05) is 24.0 Å². The SMILES string of the molecule is Cn1ccc(C(NN)C2=CCCCCC2)n1. The number of nitrogens with one attached hydrogen (secondary N) is 1. The molecule has 1 unspecified atom stereocenters. The Kier molecular flexibility index (Phi) is 3.74. The molecular formula is C12H20N4. The van der Waals surface area contributed by atoms with Gasteiger partial charge >= 0.3 is 0 Å². The van der Waals surface area contributed by atoms with Crippen molar-refractivity contribution in [1.82, 2.24) is 15.2 Å². The minimum atomic E-state index is 0.0827. The molecule has 0 spiro atoms. The number of aromatic nitrogens is 2. The highest BCUT2D eigenvalue weighted by molar-refractivity contribution is 5.21. The normalized spacial score (nSPS) is 19.0. The number of hydrogen-bond donors (Lipinski definition) is 2. The van der Waals surface area contributed by atoms with Crippen molar-refractivity contribution in [3.05, 3.63) is 29.6 Å². The summed E-state index contributed by atoms with van der Waals surface area (Å²) in [5, 5.41) is 4.42. The largest absolute Gasteiger partial charge is 0.275 e. The van der Waals surface area contributed by atoms with Crippen LogP contribution >= 0.6 is 0 Å². The van der Waals surface area contributed by atoms with E-state index in [0.717, 1.165) is 12.1 Å². The van der Waals surface area contributed by atoms with Crippen LogP contribution < -0.4 is 11.3 Å². The van der Waals surface area contributed by atoms with E-state index in [1.165, 1.54) is 31.3 Å². The summed E-state index contributed by atoms with van der Waals surface area (Å²) in [6, 6.07) is 2.11. The first kappa shape index (κ1) is 11.4. The maximum absolute atomic E-state index is 5.66. The van der Waals surface area contributed by atoms with Crippen LogP contribution in [0.2, 0.25) is 0 Å². The first-order valence-electron chi connectivity index (χ1n) is 5.96. The summed E-state index contributed by atoms with van der Waals surface area (Å²) in [6.07, 6.45) is 10.5. The second-order valence-corrected chi connectivity index (χ2v) is 4.39. The maximum Gasteiger partial charge on any atom is 0.0860 e. The van der Waals surface area contributed by atoms with Gasteiger partial charge in [0.15, 0.2) is 0 Å². The Morgan fingerprint density at radius 2 is 2.31 bits per heavy atom. The Hall–Kier alpha value is -1.13. The van der Waals surface area contributed by atoms with E-state index in [2.05, 4.69) is 16.6 Å². The summed E-state index contributed by atoms with van der Waals surface area (Å²) >= 11 is 0. The van der Waals surface area contributed by atoms with Crippen LogP contribution in [0.5, 0.6) is 0 Å². The summed E-state index contributed by atoms with van der Waals surface area (Å²) in [7, 11) is 1.93. The van der Waals surface area contributed by atoms with E-state index in [4.69, 9.17) is 5.84 Å². The zero-order chi connectivity index (χ0) is 11.4. The van der Waals surface area contributed by atoms with Gasteiger partial charge in [0, 0.05) is 13.2 Å². The van der Waals surface area contributed by atoms with Crippen LogP contribution in [-0.2, 0) is 7.05 Å². The van der Waals surface area contributed by atoms with Crippen molar-refractivity contribution in [3.8, 4) is 0 Å². The van der Waals surface area contributed by atoms with E-state index in [9.17, 15) is 0 Å². The Morgan fingerprint density at radius 1 is 1.44 bits per heavy atom. The molecule has 1 atom stereocenters. The lowest BCUT2D eigenvalue weighted by Gasteiger charge is -2.17. The Bertz CT molecular complexity index is 367. The molecule has 0 aromatic carbocycles. The summed E-state index contributed by atoms with van der Waals surface area (Å²) in [6.45, 7) is 0. The van der Waals surface area contributed by atoms with Gasteiger partial charge in [-0.1, -0.05) is 12.5 Å². The van der Waals surface area contributed by atoms with Crippen LogP contribution in [0.25, 0.3) is 0 Å². The lowest BCUT2D eigenvalue weighted by atomic mass is 10.00. The van der Waals surface area contributed by atoms with Crippen LogP contribution in [-0.4, -0.2) is 9.78 Å². The zero-order valence-electron chi connectivity index (χ0n) is 9.82. The zero-order valence-corrected chi connectivity index (χ0v) is 9.82. The molecule has 16 heavy (non-hydrogen) atoms. The average molecular weight is 220 g/mol. The molecule has 0 radical (unpaired) electrons. The summed E-state index contributed by atoms with van der Waals surface area (Å²) in [4.78, 5) is 0. The monoisotopic (exact) mass is 220 g/mol. The number of hydrazine groups is 1. The van der Waals surface area contributed by atoms with E-state index in [1.54, 1.807) is 0 Å². The van der Waals surface area contributed by atoms with Gasteiger partial charge in [-0.3, -0.25) is 10.5 Å². The third-order valence-electron chi connectivity index (χ3n) is 3.14. The third kappa shape index (κ3) is 2.51. The van der Waals surface area contributed by atoms with Crippen molar-refractivity contribution in [2.45, 2.75) is 38.1 Å². The van der Waals surface area contributed by atoms with Gasteiger partial charge in [-0.25, -0.2) is 5.43 Å². The van der Waals surface area contributed by atoms with Gasteiger partial charge in [0.05, 0.1) is 11.7 Å². The molecule has 1 aromatic heterocycles. The van der Waals surface area contributed by atoms with Crippen LogP contribution in [0.1, 0.15) is 43.8 Å². The second kappa shape index (κ2) is 5.27.